The van der Waals surface area contributed by atoms with Gasteiger partial charge in [0.1, 0.15) is 5.82 Å². The molecule has 0 spiro atoms. The summed E-state index contributed by atoms with van der Waals surface area (Å²) < 4.78 is 1.75. The number of fused-ring (bicyclic) bond motifs is 1. The Morgan fingerprint density at radius 1 is 1.12 bits per heavy atom. The van der Waals surface area contributed by atoms with Crippen molar-refractivity contribution in [3.05, 3.63) is 47.6 Å². The number of rotatable bonds is 1. The Kier molecular flexibility index (Phi) is 2.23. The number of nitrogens with two attached hydrogens (primary N) is 1. The molecule has 0 bridgehead atoms. The molecule has 2 heterocycles. The van der Waals surface area contributed by atoms with Gasteiger partial charge < -0.3 is 5.73 Å². The number of hydrogen-bond donors (Lipinski definition) is 1. The normalized spacial score (nSPS) is 10.9. The third kappa shape index (κ3) is 1.72. The Hall–Kier alpha value is -2.07. The SMILES string of the molecule is Nc1cc(-c2ccc(Cl)cc2)n2nccc2n1. The van der Waals surface area contributed by atoms with E-state index in [4.69, 9.17) is 17.3 Å². The minimum atomic E-state index is 0.475. The average Bonchev–Trinajstić information content (AvgIpc) is 2.77. The molecule has 4 nitrogen and oxygen atoms in total. The molecular formula is C12H9ClN4. The first kappa shape index (κ1) is 10.1. The molecule has 17 heavy (non-hydrogen) atoms. The lowest BCUT2D eigenvalue weighted by Crippen LogP contribution is -1.99. The van der Waals surface area contributed by atoms with Crippen LogP contribution >= 0.6 is 11.6 Å². The summed E-state index contributed by atoms with van der Waals surface area (Å²) in [6.07, 6.45) is 1.70. The molecule has 5 heteroatoms. The van der Waals surface area contributed by atoms with E-state index in [9.17, 15) is 0 Å². The van der Waals surface area contributed by atoms with E-state index < -0.39 is 0 Å². The van der Waals surface area contributed by atoms with E-state index in [0.717, 1.165) is 16.9 Å². The maximum Gasteiger partial charge on any atom is 0.158 e. The van der Waals surface area contributed by atoms with Crippen molar-refractivity contribution in [3.8, 4) is 11.3 Å². The van der Waals surface area contributed by atoms with Gasteiger partial charge in [0.2, 0.25) is 0 Å². The van der Waals surface area contributed by atoms with Crippen molar-refractivity contribution in [3.63, 3.8) is 0 Å². The van der Waals surface area contributed by atoms with Crippen LogP contribution in [0, 0.1) is 0 Å². The Balaban J connectivity index is 2.28. The van der Waals surface area contributed by atoms with Gasteiger partial charge in [-0.05, 0) is 12.1 Å². The summed E-state index contributed by atoms with van der Waals surface area (Å²) in [6.45, 7) is 0. The highest BCUT2D eigenvalue weighted by Gasteiger charge is 2.06. The summed E-state index contributed by atoms with van der Waals surface area (Å²) in [5, 5.41) is 4.93. The predicted molar refractivity (Wildman–Crippen MR) is 67.8 cm³/mol. The van der Waals surface area contributed by atoms with E-state index in [1.807, 2.05) is 30.3 Å². The van der Waals surface area contributed by atoms with Crippen molar-refractivity contribution >= 4 is 23.1 Å². The zero-order valence-electron chi connectivity index (χ0n) is 8.84. The number of benzene rings is 1. The number of nitrogens with zero attached hydrogens (tertiary/aromatic N) is 3. The van der Waals surface area contributed by atoms with Gasteiger partial charge in [0, 0.05) is 22.7 Å². The summed E-state index contributed by atoms with van der Waals surface area (Å²) in [5.41, 5.74) is 8.40. The second-order valence-corrected chi connectivity index (χ2v) is 4.11. The minimum Gasteiger partial charge on any atom is -0.384 e. The van der Waals surface area contributed by atoms with E-state index in [1.54, 1.807) is 16.8 Å². The predicted octanol–water partition coefficient (Wildman–Crippen LogP) is 2.63. The zero-order chi connectivity index (χ0) is 11.8. The van der Waals surface area contributed by atoms with Crippen molar-refractivity contribution < 1.29 is 0 Å². The topological polar surface area (TPSA) is 56.2 Å². The summed E-state index contributed by atoms with van der Waals surface area (Å²) in [6, 6.07) is 11.1. The van der Waals surface area contributed by atoms with Gasteiger partial charge in [-0.2, -0.15) is 5.10 Å². The van der Waals surface area contributed by atoms with Crippen LogP contribution in [0.15, 0.2) is 42.6 Å². The van der Waals surface area contributed by atoms with Crippen molar-refractivity contribution in [1.82, 2.24) is 14.6 Å². The van der Waals surface area contributed by atoms with E-state index in [1.165, 1.54) is 0 Å². The lowest BCUT2D eigenvalue weighted by molar-refractivity contribution is 0.950. The van der Waals surface area contributed by atoms with Gasteiger partial charge in [-0.15, -0.1) is 0 Å². The smallest absolute Gasteiger partial charge is 0.158 e. The van der Waals surface area contributed by atoms with Gasteiger partial charge in [0.25, 0.3) is 0 Å². The molecule has 3 rings (SSSR count). The monoisotopic (exact) mass is 244 g/mol. The number of nitrogen functional groups attached to an aromatic ring is 1. The van der Waals surface area contributed by atoms with Gasteiger partial charge in [0.05, 0.1) is 11.9 Å². The maximum absolute atomic E-state index is 5.87. The third-order valence-corrected chi connectivity index (χ3v) is 2.77. The first-order valence-corrected chi connectivity index (χ1v) is 5.48. The van der Waals surface area contributed by atoms with Crippen LogP contribution in [0.25, 0.3) is 16.9 Å². The molecule has 0 fully saturated rings. The van der Waals surface area contributed by atoms with Crippen LogP contribution in [0.5, 0.6) is 0 Å². The van der Waals surface area contributed by atoms with Crippen molar-refractivity contribution in [2.45, 2.75) is 0 Å². The highest BCUT2D eigenvalue weighted by Crippen LogP contribution is 2.23. The van der Waals surface area contributed by atoms with Crippen LogP contribution in [0.1, 0.15) is 0 Å². The van der Waals surface area contributed by atoms with E-state index in [-0.39, 0.29) is 0 Å². The molecule has 0 aliphatic heterocycles. The summed E-state index contributed by atoms with van der Waals surface area (Å²) in [5.74, 6) is 0.475. The fourth-order valence-electron chi connectivity index (χ4n) is 1.76. The second-order valence-electron chi connectivity index (χ2n) is 3.67. The number of hydrogen-bond acceptors (Lipinski definition) is 3. The number of aromatic nitrogens is 3. The Labute approximate surface area is 103 Å². The molecule has 0 unspecified atom stereocenters. The van der Waals surface area contributed by atoms with E-state index in [2.05, 4.69) is 10.1 Å². The molecular weight excluding hydrogens is 236 g/mol. The van der Waals surface area contributed by atoms with Crippen molar-refractivity contribution in [1.29, 1.82) is 0 Å². The number of halogens is 1. The van der Waals surface area contributed by atoms with Crippen LogP contribution in [0.2, 0.25) is 5.02 Å². The van der Waals surface area contributed by atoms with Crippen LogP contribution in [0.4, 0.5) is 5.82 Å². The van der Waals surface area contributed by atoms with E-state index in [0.29, 0.717) is 10.8 Å². The number of anilines is 1. The Morgan fingerprint density at radius 3 is 2.65 bits per heavy atom. The molecule has 2 N–H and O–H groups in total. The Bertz CT molecular complexity index is 673. The lowest BCUT2D eigenvalue weighted by Gasteiger charge is -2.06. The van der Waals surface area contributed by atoms with E-state index >= 15 is 0 Å². The van der Waals surface area contributed by atoms with Crippen molar-refractivity contribution in [2.24, 2.45) is 0 Å². The van der Waals surface area contributed by atoms with Crippen molar-refractivity contribution in [2.75, 3.05) is 5.73 Å². The first-order chi connectivity index (χ1) is 8.24. The summed E-state index contributed by atoms with van der Waals surface area (Å²) >= 11 is 5.87. The Morgan fingerprint density at radius 2 is 1.88 bits per heavy atom. The molecule has 2 aromatic heterocycles. The van der Waals surface area contributed by atoms with Gasteiger partial charge in [-0.25, -0.2) is 9.50 Å². The van der Waals surface area contributed by atoms with Crippen LogP contribution in [-0.2, 0) is 0 Å². The largest absolute Gasteiger partial charge is 0.384 e. The molecule has 0 saturated carbocycles. The highest BCUT2D eigenvalue weighted by atomic mass is 35.5. The molecule has 1 aromatic carbocycles. The average molecular weight is 245 g/mol. The van der Waals surface area contributed by atoms with Gasteiger partial charge >= 0.3 is 0 Å². The van der Waals surface area contributed by atoms with Gasteiger partial charge in [0.15, 0.2) is 5.65 Å². The molecule has 0 aliphatic rings. The molecule has 0 aliphatic carbocycles. The summed E-state index contributed by atoms with van der Waals surface area (Å²) in [4.78, 5) is 4.19. The second kappa shape index (κ2) is 3.75. The standard InChI is InChI=1S/C12H9ClN4/c13-9-3-1-8(2-4-9)10-7-11(14)16-12-5-6-15-17(10)12/h1-7H,(H2,14,16). The van der Waals surface area contributed by atoms with Gasteiger partial charge in [-0.3, -0.25) is 0 Å². The minimum absolute atomic E-state index is 0.475. The molecule has 0 amide bonds. The molecule has 3 aromatic rings. The lowest BCUT2D eigenvalue weighted by atomic mass is 10.1. The fourth-order valence-corrected chi connectivity index (χ4v) is 1.88. The fraction of sp³-hybridized carbons (Fsp3) is 0. The van der Waals surface area contributed by atoms with Crippen LogP contribution in [-0.4, -0.2) is 14.6 Å². The molecule has 84 valence electrons. The molecule has 0 atom stereocenters. The first-order valence-electron chi connectivity index (χ1n) is 5.10. The maximum atomic E-state index is 5.87. The van der Waals surface area contributed by atoms with Crippen LogP contribution < -0.4 is 5.73 Å². The molecule has 0 saturated heterocycles. The van der Waals surface area contributed by atoms with Gasteiger partial charge in [-0.1, -0.05) is 23.7 Å². The molecule has 0 radical (unpaired) electrons. The zero-order valence-corrected chi connectivity index (χ0v) is 9.59. The summed E-state index contributed by atoms with van der Waals surface area (Å²) in [7, 11) is 0. The van der Waals surface area contributed by atoms with Crippen LogP contribution in [0.3, 0.4) is 0 Å². The third-order valence-electron chi connectivity index (χ3n) is 2.52. The quantitative estimate of drug-likeness (QED) is 0.716. The highest BCUT2D eigenvalue weighted by molar-refractivity contribution is 6.30.